The van der Waals surface area contributed by atoms with Crippen molar-refractivity contribution >= 4 is 21.6 Å². The van der Waals surface area contributed by atoms with Crippen LogP contribution in [0.1, 0.15) is 44.2 Å². The summed E-state index contributed by atoms with van der Waals surface area (Å²) in [6.07, 6.45) is 2.21. The van der Waals surface area contributed by atoms with Crippen molar-refractivity contribution in [1.82, 2.24) is 4.47 Å². The first kappa shape index (κ1) is 23.5. The van der Waals surface area contributed by atoms with Crippen molar-refractivity contribution in [1.29, 1.82) is 0 Å². The maximum Gasteiger partial charge on any atom is 0.272 e. The highest BCUT2D eigenvalue weighted by molar-refractivity contribution is 7.90. The standard InChI is InChI=1S/C18H30N2O6S/c1-5-7-12-25-13-26-20(11-6-2)27(23,24)18(22)17(21)19-16-14(3)9-8-10-15(16)4/h8-10,18,22H,5-7,11-13H2,1-4H3,(H,19,21). The fourth-order valence-corrected chi connectivity index (χ4v) is 3.47. The van der Waals surface area contributed by atoms with Crippen LogP contribution in [0.15, 0.2) is 18.2 Å². The fraction of sp³-hybridized carbons (Fsp3) is 0.611. The molecule has 27 heavy (non-hydrogen) atoms. The predicted octanol–water partition coefficient (Wildman–Crippen LogP) is 2.31. The van der Waals surface area contributed by atoms with Crippen LogP contribution in [0.5, 0.6) is 0 Å². The third kappa shape index (κ3) is 6.86. The van der Waals surface area contributed by atoms with E-state index in [0.717, 1.165) is 24.0 Å². The summed E-state index contributed by atoms with van der Waals surface area (Å²) in [5.41, 5.74) is -0.292. The fourth-order valence-electron chi connectivity index (χ4n) is 2.29. The van der Waals surface area contributed by atoms with Crippen molar-refractivity contribution in [2.24, 2.45) is 0 Å². The molecule has 1 amide bonds. The van der Waals surface area contributed by atoms with E-state index in [9.17, 15) is 18.3 Å². The number of hydroxylamine groups is 1. The molecule has 9 heteroatoms. The molecule has 0 saturated carbocycles. The number of nitrogens with one attached hydrogen (secondary N) is 1. The molecule has 1 aromatic carbocycles. The Labute approximate surface area is 161 Å². The number of sulfonamides is 1. The van der Waals surface area contributed by atoms with Crippen LogP contribution in [0.25, 0.3) is 0 Å². The number of aliphatic hydroxyl groups excluding tert-OH is 1. The lowest BCUT2D eigenvalue weighted by atomic mass is 10.1. The molecule has 0 spiro atoms. The number of rotatable bonds is 12. The molecular weight excluding hydrogens is 372 g/mol. The zero-order valence-corrected chi connectivity index (χ0v) is 17.2. The van der Waals surface area contributed by atoms with Gasteiger partial charge in [-0.1, -0.05) is 42.9 Å². The number of amides is 1. The number of aryl methyl sites for hydroxylation is 2. The number of carbonyl (C=O) groups is 1. The summed E-state index contributed by atoms with van der Waals surface area (Å²) < 4.78 is 31.0. The Kier molecular flexibility index (Phi) is 9.89. The molecule has 0 bridgehead atoms. The van der Waals surface area contributed by atoms with Gasteiger partial charge in [-0.25, -0.2) is 8.42 Å². The summed E-state index contributed by atoms with van der Waals surface area (Å²) >= 11 is 0. The first-order chi connectivity index (χ1) is 12.8. The lowest BCUT2D eigenvalue weighted by molar-refractivity contribution is -0.175. The molecule has 1 rings (SSSR count). The number of ether oxygens (including phenoxy) is 1. The number of anilines is 1. The molecule has 0 aliphatic heterocycles. The molecule has 1 aromatic rings. The summed E-state index contributed by atoms with van der Waals surface area (Å²) in [5.74, 6) is -1.04. The van der Waals surface area contributed by atoms with Crippen LogP contribution in [-0.4, -0.2) is 49.3 Å². The number of nitrogens with zero attached hydrogens (tertiary/aromatic N) is 1. The van der Waals surface area contributed by atoms with Crippen LogP contribution in [0.3, 0.4) is 0 Å². The molecule has 1 unspecified atom stereocenters. The number of unbranched alkanes of at least 4 members (excludes halogenated alkanes) is 1. The second kappa shape index (κ2) is 11.4. The van der Waals surface area contributed by atoms with Crippen molar-refractivity contribution in [2.75, 3.05) is 25.3 Å². The Balaban J connectivity index is 2.82. The summed E-state index contributed by atoms with van der Waals surface area (Å²) in [6, 6.07) is 5.39. The maximum atomic E-state index is 12.6. The summed E-state index contributed by atoms with van der Waals surface area (Å²) in [6.45, 7) is 7.48. The van der Waals surface area contributed by atoms with Crippen LogP contribution >= 0.6 is 0 Å². The minimum absolute atomic E-state index is 0.00674. The van der Waals surface area contributed by atoms with E-state index in [1.54, 1.807) is 32.9 Å². The third-order valence-corrected chi connectivity index (χ3v) is 5.48. The van der Waals surface area contributed by atoms with E-state index in [-0.39, 0.29) is 13.3 Å². The van der Waals surface area contributed by atoms with Crippen LogP contribution < -0.4 is 5.32 Å². The van der Waals surface area contributed by atoms with Gasteiger partial charge < -0.3 is 15.2 Å². The second-order valence-electron chi connectivity index (χ2n) is 6.19. The van der Waals surface area contributed by atoms with Gasteiger partial charge in [-0.3, -0.25) is 9.63 Å². The van der Waals surface area contributed by atoms with Gasteiger partial charge >= 0.3 is 0 Å². The Morgan fingerprint density at radius 1 is 1.22 bits per heavy atom. The average Bonchev–Trinajstić information content (AvgIpc) is 2.62. The van der Waals surface area contributed by atoms with Gasteiger partial charge in [-0.15, -0.1) is 0 Å². The lowest BCUT2D eigenvalue weighted by Crippen LogP contribution is -2.45. The van der Waals surface area contributed by atoms with Crippen molar-refractivity contribution in [2.45, 2.75) is 52.4 Å². The Morgan fingerprint density at radius 2 is 1.85 bits per heavy atom. The molecular formula is C18H30N2O6S. The molecule has 0 saturated heterocycles. The molecule has 0 aliphatic rings. The summed E-state index contributed by atoms with van der Waals surface area (Å²) in [7, 11) is -4.43. The maximum absolute atomic E-state index is 12.6. The number of hydrogen-bond acceptors (Lipinski definition) is 6. The highest BCUT2D eigenvalue weighted by atomic mass is 32.2. The van der Waals surface area contributed by atoms with Crippen molar-refractivity contribution in [3.05, 3.63) is 29.3 Å². The van der Waals surface area contributed by atoms with E-state index >= 15 is 0 Å². The zero-order chi connectivity index (χ0) is 20.4. The number of hydrogen-bond donors (Lipinski definition) is 2. The van der Waals surface area contributed by atoms with Gasteiger partial charge in [0.1, 0.15) is 0 Å². The van der Waals surface area contributed by atoms with E-state index in [4.69, 9.17) is 9.57 Å². The highest BCUT2D eigenvalue weighted by Crippen LogP contribution is 2.20. The molecule has 0 aliphatic carbocycles. The monoisotopic (exact) mass is 402 g/mol. The van der Waals surface area contributed by atoms with E-state index in [0.29, 0.717) is 23.2 Å². The second-order valence-corrected chi connectivity index (χ2v) is 8.07. The van der Waals surface area contributed by atoms with Gasteiger partial charge in [0.05, 0.1) is 0 Å². The molecule has 154 valence electrons. The molecule has 8 nitrogen and oxygen atoms in total. The Hall–Kier alpha value is -1.52. The first-order valence-corrected chi connectivity index (χ1v) is 10.5. The van der Waals surface area contributed by atoms with Gasteiger partial charge in [0.15, 0.2) is 6.79 Å². The van der Waals surface area contributed by atoms with Gasteiger partial charge in [0, 0.05) is 18.8 Å². The van der Waals surface area contributed by atoms with E-state index in [1.807, 2.05) is 13.0 Å². The van der Waals surface area contributed by atoms with Crippen molar-refractivity contribution in [3.8, 4) is 0 Å². The van der Waals surface area contributed by atoms with Crippen molar-refractivity contribution in [3.63, 3.8) is 0 Å². The smallest absolute Gasteiger partial charge is 0.272 e. The van der Waals surface area contributed by atoms with Crippen LogP contribution in [0.2, 0.25) is 0 Å². The summed E-state index contributed by atoms with van der Waals surface area (Å²) in [5, 5.41) is 12.6. The number of aliphatic hydroxyl groups is 1. The average molecular weight is 403 g/mol. The van der Waals surface area contributed by atoms with Crippen LogP contribution in [0.4, 0.5) is 5.69 Å². The first-order valence-electron chi connectivity index (χ1n) is 9.03. The van der Waals surface area contributed by atoms with E-state index in [1.165, 1.54) is 0 Å². The quantitative estimate of drug-likeness (QED) is 0.316. The van der Waals surface area contributed by atoms with Crippen LogP contribution in [-0.2, 0) is 24.4 Å². The molecule has 0 radical (unpaired) electrons. The Morgan fingerprint density at radius 3 is 2.41 bits per heavy atom. The number of para-hydroxylation sites is 1. The summed E-state index contributed by atoms with van der Waals surface area (Å²) in [4.78, 5) is 17.5. The van der Waals surface area contributed by atoms with E-state index < -0.39 is 21.4 Å². The normalized spacial score (nSPS) is 13.0. The minimum Gasteiger partial charge on any atom is -0.368 e. The van der Waals surface area contributed by atoms with Crippen molar-refractivity contribution < 1.29 is 27.9 Å². The lowest BCUT2D eigenvalue weighted by Gasteiger charge is -2.23. The van der Waals surface area contributed by atoms with E-state index in [2.05, 4.69) is 5.32 Å². The molecule has 2 N–H and O–H groups in total. The topological polar surface area (TPSA) is 105 Å². The minimum atomic E-state index is -4.43. The Bertz CT molecular complexity index is 688. The highest BCUT2D eigenvalue weighted by Gasteiger charge is 2.37. The van der Waals surface area contributed by atoms with Gasteiger partial charge in [-0.05, 0) is 37.8 Å². The predicted molar refractivity (Wildman–Crippen MR) is 103 cm³/mol. The molecule has 0 fully saturated rings. The van der Waals surface area contributed by atoms with Gasteiger partial charge in [0.25, 0.3) is 21.4 Å². The molecule has 0 heterocycles. The van der Waals surface area contributed by atoms with Crippen LogP contribution in [0, 0.1) is 13.8 Å². The number of benzene rings is 1. The third-order valence-electron chi connectivity index (χ3n) is 3.85. The molecule has 0 aromatic heterocycles. The van der Waals surface area contributed by atoms with Gasteiger partial charge in [0.2, 0.25) is 0 Å². The zero-order valence-electron chi connectivity index (χ0n) is 16.4. The SMILES string of the molecule is CCCCOCON(CCC)S(=O)(=O)C(O)C(=O)Nc1c(C)cccc1C. The number of carbonyl (C=O) groups excluding carboxylic acids is 1. The largest absolute Gasteiger partial charge is 0.368 e. The molecule has 1 atom stereocenters. The van der Waals surface area contributed by atoms with Gasteiger partial charge in [-0.2, -0.15) is 0 Å².